The van der Waals surface area contributed by atoms with Crippen LogP contribution in [-0.4, -0.2) is 17.1 Å². The maximum absolute atomic E-state index is 6.31. The maximum Gasteiger partial charge on any atom is 0.129 e. The molecule has 0 aliphatic rings. The zero-order valence-corrected chi connectivity index (χ0v) is 12.0. The van der Waals surface area contributed by atoms with E-state index in [0.717, 1.165) is 32.8 Å². The van der Waals surface area contributed by atoms with Crippen molar-refractivity contribution < 1.29 is 4.74 Å². The molecular weight excluding hydrogens is 280 g/mol. The molecule has 0 aliphatic carbocycles. The minimum Gasteiger partial charge on any atom is -0.496 e. The predicted molar refractivity (Wildman–Crippen MR) is 79.2 cm³/mol. The quantitative estimate of drug-likeness (QED) is 0.704. The number of ether oxygens (including phenoxy) is 1. The van der Waals surface area contributed by atoms with E-state index < -0.39 is 0 Å². The highest BCUT2D eigenvalue weighted by Gasteiger charge is 2.16. The lowest BCUT2D eigenvalue weighted by atomic mass is 10.1. The summed E-state index contributed by atoms with van der Waals surface area (Å²) in [7, 11) is 1.63. The molecule has 0 unspecified atom stereocenters. The van der Waals surface area contributed by atoms with Crippen molar-refractivity contribution in [2.75, 3.05) is 7.11 Å². The Labute approximate surface area is 119 Å². The number of aromatic nitrogens is 2. The highest BCUT2D eigenvalue weighted by molar-refractivity contribution is 7.17. The van der Waals surface area contributed by atoms with Crippen LogP contribution in [0.5, 0.6) is 5.75 Å². The summed E-state index contributed by atoms with van der Waals surface area (Å²) in [6.45, 7) is 2.04. The van der Waals surface area contributed by atoms with E-state index in [0.29, 0.717) is 5.02 Å². The van der Waals surface area contributed by atoms with Crippen LogP contribution in [-0.2, 0) is 0 Å². The molecule has 0 amide bonds. The van der Waals surface area contributed by atoms with Gasteiger partial charge in [0.2, 0.25) is 0 Å². The number of hydrogen-bond donors (Lipinski definition) is 0. The number of aryl methyl sites for hydroxylation is 1. The SMILES string of the molecule is COc1cccc(Cl)c1-c1ncnc2c(C)csc12. The zero-order valence-electron chi connectivity index (χ0n) is 10.5. The minimum atomic E-state index is 0.630. The first-order valence-electron chi connectivity index (χ1n) is 5.74. The summed E-state index contributed by atoms with van der Waals surface area (Å²) in [6.07, 6.45) is 1.57. The molecule has 2 heterocycles. The normalized spacial score (nSPS) is 10.9. The fraction of sp³-hybridized carbons (Fsp3) is 0.143. The summed E-state index contributed by atoms with van der Waals surface area (Å²) >= 11 is 7.94. The van der Waals surface area contributed by atoms with Gasteiger partial charge in [-0.3, -0.25) is 0 Å². The number of halogens is 1. The Morgan fingerprint density at radius 3 is 2.89 bits per heavy atom. The molecule has 2 aromatic heterocycles. The third-order valence-electron chi connectivity index (χ3n) is 2.96. The molecule has 0 radical (unpaired) electrons. The lowest BCUT2D eigenvalue weighted by Gasteiger charge is -2.10. The average molecular weight is 291 g/mol. The highest BCUT2D eigenvalue weighted by atomic mass is 35.5. The van der Waals surface area contributed by atoms with Crippen molar-refractivity contribution in [1.29, 1.82) is 0 Å². The molecule has 1 aromatic carbocycles. The average Bonchev–Trinajstić information content (AvgIpc) is 2.80. The summed E-state index contributed by atoms with van der Waals surface area (Å²) in [6, 6.07) is 5.59. The Kier molecular flexibility index (Phi) is 3.12. The van der Waals surface area contributed by atoms with Crippen LogP contribution in [0.3, 0.4) is 0 Å². The van der Waals surface area contributed by atoms with Crippen LogP contribution in [0.2, 0.25) is 5.02 Å². The number of hydrogen-bond acceptors (Lipinski definition) is 4. The van der Waals surface area contributed by atoms with Crippen molar-refractivity contribution in [2.45, 2.75) is 6.92 Å². The van der Waals surface area contributed by atoms with Gasteiger partial charge in [0.15, 0.2) is 0 Å². The smallest absolute Gasteiger partial charge is 0.129 e. The van der Waals surface area contributed by atoms with E-state index in [1.807, 2.05) is 25.1 Å². The molecule has 0 saturated heterocycles. The van der Waals surface area contributed by atoms with Crippen LogP contribution in [0.1, 0.15) is 5.56 Å². The molecule has 0 fully saturated rings. The van der Waals surface area contributed by atoms with E-state index in [2.05, 4.69) is 15.3 Å². The van der Waals surface area contributed by atoms with Gasteiger partial charge in [0.25, 0.3) is 0 Å². The van der Waals surface area contributed by atoms with Gasteiger partial charge in [-0.05, 0) is 30.0 Å². The molecule has 0 atom stereocenters. The molecule has 0 spiro atoms. The molecule has 3 nitrogen and oxygen atoms in total. The van der Waals surface area contributed by atoms with Gasteiger partial charge in [-0.2, -0.15) is 0 Å². The predicted octanol–water partition coefficient (Wildman–Crippen LogP) is 4.33. The van der Waals surface area contributed by atoms with E-state index in [-0.39, 0.29) is 0 Å². The maximum atomic E-state index is 6.31. The molecule has 3 rings (SSSR count). The molecule has 5 heteroatoms. The Bertz CT molecular complexity index is 754. The second-order valence-electron chi connectivity index (χ2n) is 4.14. The zero-order chi connectivity index (χ0) is 13.4. The third kappa shape index (κ3) is 1.97. The first-order valence-corrected chi connectivity index (χ1v) is 7.00. The summed E-state index contributed by atoms with van der Waals surface area (Å²) in [4.78, 5) is 8.72. The number of benzene rings is 1. The molecule has 0 aliphatic heterocycles. The molecular formula is C14H11ClN2OS. The fourth-order valence-electron chi connectivity index (χ4n) is 2.05. The standard InChI is InChI=1S/C14H11ClN2OS/c1-8-6-19-14-12(8)16-7-17-13(14)11-9(15)4-3-5-10(11)18-2/h3-7H,1-2H3. The van der Waals surface area contributed by atoms with E-state index in [1.165, 1.54) is 0 Å². The van der Waals surface area contributed by atoms with Crippen molar-refractivity contribution >= 4 is 33.2 Å². The molecule has 96 valence electrons. The van der Waals surface area contributed by atoms with Crippen molar-refractivity contribution in [3.05, 3.63) is 40.5 Å². The monoisotopic (exact) mass is 290 g/mol. The largest absolute Gasteiger partial charge is 0.496 e. The molecule has 19 heavy (non-hydrogen) atoms. The second-order valence-corrected chi connectivity index (χ2v) is 5.42. The summed E-state index contributed by atoms with van der Waals surface area (Å²) in [5.41, 5.74) is 3.76. The van der Waals surface area contributed by atoms with Gasteiger partial charge in [-0.1, -0.05) is 17.7 Å². The number of fused-ring (bicyclic) bond motifs is 1. The number of nitrogens with zero attached hydrogens (tertiary/aromatic N) is 2. The van der Waals surface area contributed by atoms with Crippen LogP contribution in [0.15, 0.2) is 29.9 Å². The Balaban J connectivity index is 2.37. The first kappa shape index (κ1) is 12.4. The van der Waals surface area contributed by atoms with Crippen molar-refractivity contribution in [2.24, 2.45) is 0 Å². The van der Waals surface area contributed by atoms with E-state index in [1.54, 1.807) is 24.8 Å². The minimum absolute atomic E-state index is 0.630. The lowest BCUT2D eigenvalue weighted by Crippen LogP contribution is -1.92. The Hall–Kier alpha value is -1.65. The van der Waals surface area contributed by atoms with Crippen LogP contribution >= 0.6 is 22.9 Å². The van der Waals surface area contributed by atoms with Gasteiger partial charge in [0.1, 0.15) is 12.1 Å². The number of rotatable bonds is 2. The van der Waals surface area contributed by atoms with E-state index >= 15 is 0 Å². The van der Waals surface area contributed by atoms with Gasteiger partial charge in [0.05, 0.1) is 33.6 Å². The van der Waals surface area contributed by atoms with Gasteiger partial charge < -0.3 is 4.74 Å². The summed E-state index contributed by atoms with van der Waals surface area (Å²) < 4.78 is 6.43. The van der Waals surface area contributed by atoms with Crippen molar-refractivity contribution in [3.63, 3.8) is 0 Å². The van der Waals surface area contributed by atoms with Crippen LogP contribution in [0, 0.1) is 6.92 Å². The number of thiophene rings is 1. The number of methoxy groups -OCH3 is 1. The third-order valence-corrected chi connectivity index (χ3v) is 4.37. The Morgan fingerprint density at radius 2 is 2.11 bits per heavy atom. The lowest BCUT2D eigenvalue weighted by molar-refractivity contribution is 0.416. The van der Waals surface area contributed by atoms with E-state index in [4.69, 9.17) is 16.3 Å². The van der Waals surface area contributed by atoms with Crippen molar-refractivity contribution in [1.82, 2.24) is 9.97 Å². The highest BCUT2D eigenvalue weighted by Crippen LogP contribution is 2.40. The van der Waals surface area contributed by atoms with Gasteiger partial charge >= 0.3 is 0 Å². The van der Waals surface area contributed by atoms with Crippen LogP contribution in [0.25, 0.3) is 21.5 Å². The molecule has 0 N–H and O–H groups in total. The van der Waals surface area contributed by atoms with Crippen LogP contribution < -0.4 is 4.74 Å². The summed E-state index contributed by atoms with van der Waals surface area (Å²) in [5.74, 6) is 0.721. The van der Waals surface area contributed by atoms with Gasteiger partial charge in [-0.25, -0.2) is 9.97 Å². The summed E-state index contributed by atoms with van der Waals surface area (Å²) in [5, 5.41) is 2.71. The second kappa shape index (κ2) is 4.79. The fourth-order valence-corrected chi connectivity index (χ4v) is 3.31. The van der Waals surface area contributed by atoms with Gasteiger partial charge in [0, 0.05) is 0 Å². The van der Waals surface area contributed by atoms with E-state index in [9.17, 15) is 0 Å². The molecule has 0 saturated carbocycles. The first-order chi connectivity index (χ1) is 9.22. The Morgan fingerprint density at radius 1 is 1.26 bits per heavy atom. The van der Waals surface area contributed by atoms with Gasteiger partial charge in [-0.15, -0.1) is 11.3 Å². The molecule has 3 aromatic rings. The molecule has 0 bridgehead atoms. The van der Waals surface area contributed by atoms with Crippen LogP contribution in [0.4, 0.5) is 0 Å². The van der Waals surface area contributed by atoms with Crippen molar-refractivity contribution in [3.8, 4) is 17.0 Å². The topological polar surface area (TPSA) is 35.0 Å².